The molecule has 2 aliphatic heterocycles. The zero-order valence-corrected chi connectivity index (χ0v) is 20.8. The maximum atomic E-state index is 12.5. The summed E-state index contributed by atoms with van der Waals surface area (Å²) in [5, 5.41) is 4.30. The van der Waals surface area contributed by atoms with Gasteiger partial charge in [0.25, 0.3) is 0 Å². The average molecular weight is 503 g/mol. The number of aromatic nitrogens is 2. The topological polar surface area (TPSA) is 49.6 Å². The molecule has 1 aromatic carbocycles. The lowest BCUT2D eigenvalue weighted by molar-refractivity contribution is -0.117. The number of pyridine rings is 1. The summed E-state index contributed by atoms with van der Waals surface area (Å²) in [6, 6.07) is 17.4. The number of carbonyl (C=O) groups excluding carboxylic acids is 1. The molecule has 0 spiro atoms. The third-order valence-corrected chi connectivity index (χ3v) is 7.16. The van der Waals surface area contributed by atoms with Crippen LogP contribution in [0.1, 0.15) is 37.1 Å². The number of piperidine rings is 1. The number of carbonyl (C=O) groups is 1. The van der Waals surface area contributed by atoms with Crippen LogP contribution in [-0.2, 0) is 4.79 Å². The highest BCUT2D eigenvalue weighted by Crippen LogP contribution is 2.34. The van der Waals surface area contributed by atoms with Crippen molar-refractivity contribution < 1.29 is 4.79 Å². The van der Waals surface area contributed by atoms with E-state index in [1.165, 1.54) is 5.56 Å². The lowest BCUT2D eigenvalue weighted by atomic mass is 10.00. The van der Waals surface area contributed by atoms with Crippen LogP contribution in [0.4, 0.5) is 0 Å². The molecule has 1 saturated heterocycles. The summed E-state index contributed by atoms with van der Waals surface area (Å²) in [4.78, 5) is 20.5. The zero-order valence-electron chi connectivity index (χ0n) is 18.4. The van der Waals surface area contributed by atoms with Gasteiger partial charge in [0, 0.05) is 36.2 Å². The summed E-state index contributed by atoms with van der Waals surface area (Å²) >= 11 is 1.65. The van der Waals surface area contributed by atoms with Crippen molar-refractivity contribution in [2.75, 3.05) is 13.1 Å². The molecule has 1 unspecified atom stereocenters. The number of hydrogen-bond donors (Lipinski definition) is 1. The van der Waals surface area contributed by atoms with Gasteiger partial charge in [-0.2, -0.15) is 0 Å². The predicted octanol–water partition coefficient (Wildman–Crippen LogP) is 5.52. The van der Waals surface area contributed by atoms with Gasteiger partial charge in [0.05, 0.1) is 16.9 Å². The van der Waals surface area contributed by atoms with E-state index >= 15 is 0 Å². The molecule has 2 aliphatic rings. The Morgan fingerprint density at radius 2 is 1.88 bits per heavy atom. The third-order valence-electron chi connectivity index (χ3n) is 6.14. The quantitative estimate of drug-likeness (QED) is 0.466. The van der Waals surface area contributed by atoms with E-state index < -0.39 is 0 Å². The van der Waals surface area contributed by atoms with E-state index in [0.717, 1.165) is 47.2 Å². The van der Waals surface area contributed by atoms with Crippen LogP contribution < -0.4 is 5.32 Å². The summed E-state index contributed by atoms with van der Waals surface area (Å²) in [6.07, 6.45) is 9.47. The largest absolute Gasteiger partial charge is 0.350 e. The van der Waals surface area contributed by atoms with E-state index in [4.69, 9.17) is 0 Å². The molecule has 8 heteroatoms. The first-order valence-electron chi connectivity index (χ1n) is 10.8. The molecular weight excluding hydrogens is 475 g/mol. The van der Waals surface area contributed by atoms with Crippen molar-refractivity contribution in [3.63, 3.8) is 0 Å². The van der Waals surface area contributed by atoms with Crippen molar-refractivity contribution in [3.05, 3.63) is 83.0 Å². The minimum absolute atomic E-state index is 0. The first-order valence-corrected chi connectivity index (χ1v) is 11.6. The van der Waals surface area contributed by atoms with Crippen LogP contribution in [0.3, 0.4) is 0 Å². The molecule has 0 aliphatic carbocycles. The van der Waals surface area contributed by atoms with Crippen LogP contribution >= 0.6 is 36.6 Å². The number of nitrogens with zero attached hydrogens (tertiary/aromatic N) is 3. The Morgan fingerprint density at radius 1 is 1.12 bits per heavy atom. The average Bonchev–Trinajstić information content (AvgIpc) is 3.23. The van der Waals surface area contributed by atoms with Gasteiger partial charge in [0.15, 0.2) is 0 Å². The molecule has 33 heavy (non-hydrogen) atoms. The molecule has 5 nitrogen and oxygen atoms in total. The zero-order chi connectivity index (χ0) is 21.2. The molecule has 174 valence electrons. The highest BCUT2D eigenvalue weighted by molar-refractivity contribution is 8.03. The number of allylic oxidation sites excluding steroid dienone is 1. The number of amides is 1. The van der Waals surface area contributed by atoms with E-state index in [1.807, 2.05) is 24.4 Å². The first kappa shape index (κ1) is 25.4. The maximum absolute atomic E-state index is 12.5. The molecule has 4 heterocycles. The number of benzene rings is 1. The fourth-order valence-electron chi connectivity index (χ4n) is 4.37. The van der Waals surface area contributed by atoms with Gasteiger partial charge in [-0.05, 0) is 49.6 Å². The first-order chi connectivity index (χ1) is 15.2. The van der Waals surface area contributed by atoms with Crippen molar-refractivity contribution in [2.45, 2.75) is 36.9 Å². The minimum Gasteiger partial charge on any atom is -0.350 e. The molecule has 0 radical (unpaired) electrons. The Morgan fingerprint density at radius 3 is 2.64 bits per heavy atom. The fourth-order valence-corrected chi connectivity index (χ4v) is 5.36. The second-order valence-corrected chi connectivity index (χ2v) is 9.22. The number of thioether (sulfide) groups is 1. The van der Waals surface area contributed by atoms with Crippen molar-refractivity contribution in [1.29, 1.82) is 0 Å². The van der Waals surface area contributed by atoms with Crippen LogP contribution in [0, 0.1) is 0 Å². The Labute approximate surface area is 211 Å². The number of rotatable bonds is 5. The van der Waals surface area contributed by atoms with Gasteiger partial charge in [-0.15, -0.1) is 24.8 Å². The minimum atomic E-state index is -0.0200. The highest BCUT2D eigenvalue weighted by Gasteiger charge is 2.24. The van der Waals surface area contributed by atoms with Gasteiger partial charge >= 0.3 is 0 Å². The number of likely N-dealkylation sites (tertiary alicyclic amines) is 1. The molecule has 1 fully saturated rings. The van der Waals surface area contributed by atoms with Gasteiger partial charge in [-0.3, -0.25) is 14.1 Å². The third kappa shape index (κ3) is 5.64. The maximum Gasteiger partial charge on any atom is 0.244 e. The molecule has 3 aromatic rings. The van der Waals surface area contributed by atoms with Crippen molar-refractivity contribution >= 4 is 54.2 Å². The number of halogens is 2. The van der Waals surface area contributed by atoms with E-state index in [-0.39, 0.29) is 36.8 Å². The van der Waals surface area contributed by atoms with E-state index in [0.29, 0.717) is 6.04 Å². The van der Waals surface area contributed by atoms with E-state index in [9.17, 15) is 4.79 Å². The summed E-state index contributed by atoms with van der Waals surface area (Å²) < 4.78 is 2.13. The van der Waals surface area contributed by atoms with Crippen LogP contribution in [-0.4, -0.2) is 39.3 Å². The molecule has 0 saturated carbocycles. The van der Waals surface area contributed by atoms with Crippen molar-refractivity contribution in [3.8, 4) is 0 Å². The van der Waals surface area contributed by atoms with Gasteiger partial charge in [0.1, 0.15) is 5.65 Å². The molecule has 2 aromatic heterocycles. The summed E-state index contributed by atoms with van der Waals surface area (Å²) in [7, 11) is 0. The van der Waals surface area contributed by atoms with Gasteiger partial charge in [0.2, 0.25) is 5.91 Å². The summed E-state index contributed by atoms with van der Waals surface area (Å²) in [5.74, 6) is -0.0200. The lowest BCUT2D eigenvalue weighted by Crippen LogP contribution is -2.44. The van der Waals surface area contributed by atoms with E-state index in [2.05, 4.69) is 69.0 Å². The Balaban J connectivity index is 0.00000153. The van der Waals surface area contributed by atoms with Crippen LogP contribution in [0.2, 0.25) is 0 Å². The molecule has 0 bridgehead atoms. The van der Waals surface area contributed by atoms with Gasteiger partial charge < -0.3 is 5.32 Å². The monoisotopic (exact) mass is 502 g/mol. The van der Waals surface area contributed by atoms with Gasteiger partial charge in [-0.1, -0.05) is 48.2 Å². The van der Waals surface area contributed by atoms with Crippen LogP contribution in [0.5, 0.6) is 0 Å². The Hall–Kier alpha value is -2.25. The second-order valence-electron chi connectivity index (χ2n) is 8.13. The van der Waals surface area contributed by atoms with E-state index in [1.54, 1.807) is 17.8 Å². The predicted molar refractivity (Wildman–Crippen MR) is 140 cm³/mol. The second kappa shape index (κ2) is 11.3. The molecule has 1 N–H and O–H groups in total. The SMILES string of the molecule is CC(c1ccccc1)N1CCC(NC(=O)C=CC2=Cc3cnc4cccc(n34)S2)CC1.Cl.Cl. The molecule has 1 amide bonds. The Bertz CT molecular complexity index is 1150. The van der Waals surface area contributed by atoms with Crippen molar-refractivity contribution in [2.24, 2.45) is 0 Å². The van der Waals surface area contributed by atoms with Crippen molar-refractivity contribution in [1.82, 2.24) is 19.6 Å². The van der Waals surface area contributed by atoms with Gasteiger partial charge in [-0.25, -0.2) is 4.98 Å². The summed E-state index contributed by atoms with van der Waals surface area (Å²) in [6.45, 7) is 4.26. The smallest absolute Gasteiger partial charge is 0.244 e. The molecule has 5 rings (SSSR count). The Kier molecular flexibility index (Phi) is 8.65. The standard InChI is InChI=1S/C25H26N4OS.2ClH/c1-18(19-6-3-2-4-7-19)28-14-12-20(13-15-28)27-24(30)11-10-22-16-21-17-26-23-8-5-9-25(31-22)29(21)23;;/h2-11,16-18,20H,12-15H2,1H3,(H,27,30);2*1H. The lowest BCUT2D eigenvalue weighted by Gasteiger charge is -2.36. The number of hydrogen-bond acceptors (Lipinski definition) is 4. The highest BCUT2D eigenvalue weighted by atomic mass is 35.5. The number of imidazole rings is 1. The summed E-state index contributed by atoms with van der Waals surface area (Å²) in [5.41, 5.74) is 3.34. The fraction of sp³-hybridized carbons (Fsp3) is 0.280. The molecular formula is C25H28Cl2N4OS. The van der Waals surface area contributed by atoms with Crippen LogP contribution in [0.15, 0.2) is 76.8 Å². The van der Waals surface area contributed by atoms with Crippen LogP contribution in [0.25, 0.3) is 11.7 Å². The number of nitrogens with one attached hydrogen (secondary N) is 1. The molecule has 1 atom stereocenters. The normalized spacial score (nSPS) is 17.2.